The summed E-state index contributed by atoms with van der Waals surface area (Å²) in [6, 6.07) is 14.9. The molecule has 2 aromatic rings. The number of hydrogen-bond acceptors (Lipinski definition) is 8. The molecular formula is C28H32NNaO8. The van der Waals surface area contributed by atoms with Crippen LogP contribution in [-0.4, -0.2) is 50.1 Å². The fourth-order valence-electron chi connectivity index (χ4n) is 4.89. The fourth-order valence-corrected chi connectivity index (χ4v) is 4.89. The number of cyclic esters (lactones) is 1. The van der Waals surface area contributed by atoms with Gasteiger partial charge in [-0.1, -0.05) is 30.3 Å². The number of benzene rings is 2. The van der Waals surface area contributed by atoms with Crippen LogP contribution in [0.1, 0.15) is 37.8 Å². The average molecular weight is 534 g/mol. The predicted octanol–water partition coefficient (Wildman–Crippen LogP) is 0.551. The van der Waals surface area contributed by atoms with Crippen LogP contribution in [0.2, 0.25) is 0 Å². The molecule has 0 unspecified atom stereocenters. The smallest absolute Gasteiger partial charge is 0.575 e. The molecule has 2 heterocycles. The molecule has 0 aliphatic carbocycles. The van der Waals surface area contributed by atoms with E-state index in [-0.39, 0.29) is 41.7 Å². The number of likely N-dealkylation sites (tertiary alicyclic amines) is 1. The summed E-state index contributed by atoms with van der Waals surface area (Å²) in [5.41, 5.74) is 0.748. The van der Waals surface area contributed by atoms with Crippen LogP contribution in [0.25, 0.3) is 0 Å². The Morgan fingerprint density at radius 1 is 0.974 bits per heavy atom. The molecule has 4 rings (SSSR count). The normalized spacial score (nSPS) is 18.0. The van der Waals surface area contributed by atoms with E-state index in [0.717, 1.165) is 11.1 Å². The Kier molecular flexibility index (Phi) is 9.62. The third-order valence-electron chi connectivity index (χ3n) is 6.75. The number of methoxy groups -OCH3 is 2. The maximum Gasteiger partial charge on any atom is 1.00 e. The van der Waals surface area contributed by atoms with E-state index in [2.05, 4.69) is 0 Å². The number of ether oxygens (including phenoxy) is 5. The first-order chi connectivity index (χ1) is 17.6. The summed E-state index contributed by atoms with van der Waals surface area (Å²) < 4.78 is 27.2. The molecule has 2 aliphatic rings. The summed E-state index contributed by atoms with van der Waals surface area (Å²) in [4.78, 5) is 27.5. The van der Waals surface area contributed by atoms with Crippen molar-refractivity contribution in [3.05, 3.63) is 71.2 Å². The van der Waals surface area contributed by atoms with Crippen LogP contribution >= 0.6 is 0 Å². The number of rotatable bonds is 7. The molecule has 2 aliphatic heterocycles. The van der Waals surface area contributed by atoms with Crippen molar-refractivity contribution < 1.29 is 67.9 Å². The van der Waals surface area contributed by atoms with Crippen molar-refractivity contribution in [2.45, 2.75) is 45.5 Å². The topological polar surface area (TPSA) is 107 Å². The molecule has 0 spiro atoms. The first-order valence-electron chi connectivity index (χ1n) is 12.2. The molecule has 0 radical (unpaired) electrons. The van der Waals surface area contributed by atoms with Crippen molar-refractivity contribution in [1.82, 2.24) is 4.90 Å². The molecule has 38 heavy (non-hydrogen) atoms. The summed E-state index contributed by atoms with van der Waals surface area (Å²) in [7, 11) is 3.11. The number of nitrogens with zero attached hydrogens (tertiary/aromatic N) is 1. The molecule has 0 atom stereocenters. The van der Waals surface area contributed by atoms with Gasteiger partial charge in [-0.3, -0.25) is 0 Å². The van der Waals surface area contributed by atoms with Crippen molar-refractivity contribution in [2.75, 3.05) is 27.3 Å². The van der Waals surface area contributed by atoms with E-state index < -0.39 is 29.2 Å². The number of piperidine rings is 1. The second kappa shape index (κ2) is 12.3. The third kappa shape index (κ3) is 6.76. The Balaban J connectivity index is 0.00000400. The summed E-state index contributed by atoms with van der Waals surface area (Å²) >= 11 is 0. The van der Waals surface area contributed by atoms with Gasteiger partial charge in [0, 0.05) is 24.6 Å². The van der Waals surface area contributed by atoms with Crippen molar-refractivity contribution >= 4 is 12.1 Å². The third-order valence-corrected chi connectivity index (χ3v) is 6.75. The molecule has 0 aromatic heterocycles. The van der Waals surface area contributed by atoms with E-state index >= 15 is 0 Å². The van der Waals surface area contributed by atoms with Crippen molar-refractivity contribution in [2.24, 2.45) is 5.41 Å². The second-order valence-corrected chi connectivity index (χ2v) is 9.76. The van der Waals surface area contributed by atoms with Crippen LogP contribution in [0.15, 0.2) is 60.0 Å². The number of hydrogen-bond donors (Lipinski definition) is 0. The standard InChI is InChI=1S/C28H33NO8.Na/c1-27(2)36-24(30)23(25(31)37-27)28(17-20-14-21(33-3)16-22(15-20)34-4)10-12-29(13-11-28)26(32)35-18-19-8-6-5-7-9-19;/h5-9,14-16,30H,10-13,17-18H2,1-4H3;/q;+1/p-1. The van der Waals surface area contributed by atoms with E-state index in [1.807, 2.05) is 42.5 Å². The van der Waals surface area contributed by atoms with Gasteiger partial charge in [-0.2, -0.15) is 0 Å². The fraction of sp³-hybridized carbons (Fsp3) is 0.429. The minimum Gasteiger partial charge on any atom is -0.575 e. The molecular weight excluding hydrogens is 501 g/mol. The van der Waals surface area contributed by atoms with Crippen LogP contribution in [0.3, 0.4) is 0 Å². The van der Waals surface area contributed by atoms with E-state index in [1.165, 1.54) is 13.8 Å². The zero-order valence-electron chi connectivity index (χ0n) is 22.6. The molecule has 1 saturated heterocycles. The van der Waals surface area contributed by atoms with E-state index in [4.69, 9.17) is 23.7 Å². The van der Waals surface area contributed by atoms with E-state index in [9.17, 15) is 14.7 Å². The number of carbonyl (C=O) groups is 2. The van der Waals surface area contributed by atoms with Gasteiger partial charge in [-0.15, -0.1) is 0 Å². The van der Waals surface area contributed by atoms with E-state index in [0.29, 0.717) is 43.9 Å². The predicted molar refractivity (Wildman–Crippen MR) is 131 cm³/mol. The molecule has 0 saturated carbocycles. The Hall–Kier alpha value is -2.88. The molecule has 1 fully saturated rings. The zero-order chi connectivity index (χ0) is 26.6. The minimum absolute atomic E-state index is 0. The van der Waals surface area contributed by atoms with Gasteiger partial charge in [0.15, 0.2) is 5.79 Å². The molecule has 9 nitrogen and oxygen atoms in total. The zero-order valence-corrected chi connectivity index (χ0v) is 24.6. The Morgan fingerprint density at radius 3 is 2.13 bits per heavy atom. The number of amides is 1. The van der Waals surface area contributed by atoms with Crippen LogP contribution in [0.5, 0.6) is 11.5 Å². The number of esters is 1. The molecule has 198 valence electrons. The van der Waals surface area contributed by atoms with Gasteiger partial charge in [0.05, 0.1) is 25.7 Å². The summed E-state index contributed by atoms with van der Waals surface area (Å²) in [6.45, 7) is 3.79. The Bertz CT molecular complexity index is 1150. The molecule has 1 amide bonds. The molecule has 2 aromatic carbocycles. The molecule has 0 N–H and O–H groups in total. The summed E-state index contributed by atoms with van der Waals surface area (Å²) in [6.07, 6.45) is 0.563. The van der Waals surface area contributed by atoms with Gasteiger partial charge in [-0.25, -0.2) is 9.59 Å². The maximum absolute atomic E-state index is 13.1. The van der Waals surface area contributed by atoms with Crippen LogP contribution in [0.4, 0.5) is 4.79 Å². The van der Waals surface area contributed by atoms with Crippen molar-refractivity contribution in [1.29, 1.82) is 0 Å². The Morgan fingerprint density at radius 2 is 1.58 bits per heavy atom. The SMILES string of the molecule is COc1cc(CC2(C3=C([O-])OC(C)(C)OC3=O)CCN(C(=O)OCc3ccccc3)CC2)cc(OC)c1.[Na+]. The summed E-state index contributed by atoms with van der Waals surface area (Å²) in [5.74, 6) is -1.56. The quantitative estimate of drug-likeness (QED) is 0.375. The minimum atomic E-state index is -1.35. The van der Waals surface area contributed by atoms with Crippen molar-refractivity contribution in [3.8, 4) is 11.5 Å². The largest absolute Gasteiger partial charge is 1.00 e. The molecule has 0 bridgehead atoms. The molecule has 10 heteroatoms. The van der Waals surface area contributed by atoms with Gasteiger partial charge in [0.2, 0.25) is 0 Å². The van der Waals surface area contributed by atoms with Crippen LogP contribution in [-0.2, 0) is 32.0 Å². The van der Waals surface area contributed by atoms with Gasteiger partial charge < -0.3 is 33.7 Å². The van der Waals surface area contributed by atoms with Gasteiger partial charge in [0.25, 0.3) is 0 Å². The first kappa shape index (κ1) is 29.7. The van der Waals surface area contributed by atoms with E-state index in [1.54, 1.807) is 25.2 Å². The van der Waals surface area contributed by atoms with Gasteiger partial charge >= 0.3 is 41.6 Å². The van der Waals surface area contributed by atoms with Gasteiger partial charge in [0.1, 0.15) is 18.1 Å². The number of carbonyl (C=O) groups excluding carboxylic acids is 2. The average Bonchev–Trinajstić information content (AvgIpc) is 2.86. The van der Waals surface area contributed by atoms with Gasteiger partial charge in [-0.05, 0) is 56.4 Å². The Labute approximate surface area is 244 Å². The van der Waals surface area contributed by atoms with Crippen LogP contribution in [0, 0.1) is 5.41 Å². The first-order valence-corrected chi connectivity index (χ1v) is 12.2. The van der Waals surface area contributed by atoms with Crippen LogP contribution < -0.4 is 44.1 Å². The second-order valence-electron chi connectivity index (χ2n) is 9.76. The monoisotopic (exact) mass is 533 g/mol. The van der Waals surface area contributed by atoms with Crippen molar-refractivity contribution in [3.63, 3.8) is 0 Å². The summed E-state index contributed by atoms with van der Waals surface area (Å²) in [5, 5.41) is 13.1. The maximum atomic E-state index is 13.1.